The molecule has 3 aliphatic heterocycles. The highest BCUT2D eigenvalue weighted by atomic mass is 16.5. The van der Waals surface area contributed by atoms with Gasteiger partial charge in [-0.15, -0.1) is 0 Å². The van der Waals surface area contributed by atoms with Crippen molar-refractivity contribution in [1.29, 1.82) is 0 Å². The molecule has 0 spiro atoms. The molecule has 1 unspecified atom stereocenters. The minimum Gasteiger partial charge on any atom is -0.385 e. The van der Waals surface area contributed by atoms with Crippen LogP contribution in [-0.4, -0.2) is 87.2 Å². The van der Waals surface area contributed by atoms with Crippen molar-refractivity contribution >= 4 is 46.0 Å². The van der Waals surface area contributed by atoms with Crippen LogP contribution >= 0.6 is 0 Å². The average molecular weight is 663 g/mol. The molecule has 0 bridgehead atoms. The van der Waals surface area contributed by atoms with Crippen LogP contribution in [-0.2, 0) is 14.3 Å². The van der Waals surface area contributed by atoms with E-state index in [-0.39, 0.29) is 24.0 Å². The summed E-state index contributed by atoms with van der Waals surface area (Å²) in [6.07, 6.45) is 8.37. The second kappa shape index (κ2) is 12.7. The Morgan fingerprint density at radius 2 is 1.78 bits per heavy atom. The Bertz CT molecular complexity index is 1980. The summed E-state index contributed by atoms with van der Waals surface area (Å²) in [4.78, 5) is 62.9. The number of fused-ring (bicyclic) bond motifs is 2. The van der Waals surface area contributed by atoms with Gasteiger partial charge >= 0.3 is 0 Å². The van der Waals surface area contributed by atoms with E-state index in [9.17, 15) is 19.2 Å². The molecule has 4 amide bonds. The molecule has 252 valence electrons. The number of morpholine rings is 1. The predicted molar refractivity (Wildman–Crippen MR) is 181 cm³/mol. The zero-order valence-electron chi connectivity index (χ0n) is 27.4. The summed E-state index contributed by atoms with van der Waals surface area (Å²) < 4.78 is 7.57. The van der Waals surface area contributed by atoms with Crippen molar-refractivity contribution in [3.63, 3.8) is 0 Å². The zero-order valence-corrected chi connectivity index (χ0v) is 27.4. The number of anilines is 2. The minimum atomic E-state index is -0.966. The van der Waals surface area contributed by atoms with E-state index < -0.39 is 29.7 Å². The monoisotopic (exact) mass is 662 g/mol. The predicted octanol–water partition coefficient (Wildman–Crippen LogP) is 3.88. The number of aromatic nitrogens is 4. The first kappa shape index (κ1) is 31.1. The molecule has 3 fully saturated rings. The number of carbonyl (C=O) groups excluding carboxylic acids is 4. The first-order valence-electron chi connectivity index (χ1n) is 17.1. The molecule has 2 saturated heterocycles. The third-order valence-electron chi connectivity index (χ3n) is 10.2. The van der Waals surface area contributed by atoms with Gasteiger partial charge in [-0.3, -0.25) is 39.1 Å². The lowest BCUT2D eigenvalue weighted by Gasteiger charge is -2.35. The minimum absolute atomic E-state index is 0.0959. The van der Waals surface area contributed by atoms with Gasteiger partial charge in [0.1, 0.15) is 6.04 Å². The maximum absolute atomic E-state index is 13.1. The van der Waals surface area contributed by atoms with Gasteiger partial charge < -0.3 is 15.0 Å². The molecule has 8 rings (SSSR count). The van der Waals surface area contributed by atoms with E-state index in [2.05, 4.69) is 38.5 Å². The molecule has 13 heteroatoms. The van der Waals surface area contributed by atoms with Crippen molar-refractivity contribution in [2.24, 2.45) is 5.92 Å². The summed E-state index contributed by atoms with van der Waals surface area (Å²) in [6.45, 7) is 6.01. The summed E-state index contributed by atoms with van der Waals surface area (Å²) in [6, 6.07) is 10.8. The van der Waals surface area contributed by atoms with E-state index in [1.165, 1.54) is 0 Å². The Hall–Kier alpha value is -5.17. The van der Waals surface area contributed by atoms with Crippen molar-refractivity contribution < 1.29 is 23.9 Å². The number of hydrogen-bond donors (Lipinski definition) is 2. The number of nitrogens with one attached hydrogen (secondary N) is 2. The van der Waals surface area contributed by atoms with Crippen molar-refractivity contribution in [3.05, 3.63) is 65.6 Å². The van der Waals surface area contributed by atoms with E-state index in [4.69, 9.17) is 19.8 Å². The molecule has 2 N–H and O–H groups in total. The smallest absolute Gasteiger partial charge is 0.262 e. The van der Waals surface area contributed by atoms with Crippen LogP contribution in [0.25, 0.3) is 22.3 Å². The quantitative estimate of drug-likeness (QED) is 0.200. The van der Waals surface area contributed by atoms with E-state index in [0.29, 0.717) is 12.0 Å². The number of imide groups is 2. The fourth-order valence-corrected chi connectivity index (χ4v) is 7.42. The van der Waals surface area contributed by atoms with Gasteiger partial charge in [0.2, 0.25) is 11.8 Å². The Kier molecular flexibility index (Phi) is 8.06. The van der Waals surface area contributed by atoms with Gasteiger partial charge in [-0.05, 0) is 81.3 Å². The van der Waals surface area contributed by atoms with Gasteiger partial charge in [-0.2, -0.15) is 5.10 Å². The first-order valence-corrected chi connectivity index (χ1v) is 17.1. The normalized spacial score (nSPS) is 22.3. The maximum atomic E-state index is 13.1. The van der Waals surface area contributed by atoms with E-state index in [1.807, 2.05) is 19.2 Å². The third kappa shape index (κ3) is 5.92. The molecule has 1 saturated carbocycles. The Balaban J connectivity index is 0.825. The van der Waals surface area contributed by atoms with Crippen LogP contribution in [0.3, 0.4) is 0 Å². The van der Waals surface area contributed by atoms with E-state index in [1.54, 1.807) is 18.2 Å². The standard InChI is InChI=1S/C36H38N8O5/c1-21-28(31-19-38-30-18-24(5-7-29(30)39-31)42-11-13-49-14-12-42)20-43(41-21)25-15-22(16-25)3-2-10-37-23-4-6-26-27(17-23)36(48)44(35(26)47)32-8-9-33(45)40-34(32)46/h4-7,17-20,22,25,32,37H,2-3,8-16H2,1H3,(H,40,45,46)/t22-,25+,32?. The molecule has 2 aromatic carbocycles. The maximum Gasteiger partial charge on any atom is 0.262 e. The molecule has 49 heavy (non-hydrogen) atoms. The van der Waals surface area contributed by atoms with Crippen molar-refractivity contribution in [2.75, 3.05) is 43.1 Å². The Morgan fingerprint density at radius 1 is 0.959 bits per heavy atom. The molecule has 2 aromatic heterocycles. The number of nitrogens with zero attached hydrogens (tertiary/aromatic N) is 6. The summed E-state index contributed by atoms with van der Waals surface area (Å²) >= 11 is 0. The molecule has 1 atom stereocenters. The van der Waals surface area contributed by atoms with Crippen LogP contribution in [0.2, 0.25) is 0 Å². The second-order valence-electron chi connectivity index (χ2n) is 13.4. The fourth-order valence-electron chi connectivity index (χ4n) is 7.42. The van der Waals surface area contributed by atoms with Crippen molar-refractivity contribution in [1.82, 2.24) is 30.0 Å². The number of amides is 4. The number of hydrogen-bond acceptors (Lipinski definition) is 10. The van der Waals surface area contributed by atoms with Gasteiger partial charge in [-0.25, -0.2) is 4.98 Å². The highest BCUT2D eigenvalue weighted by Gasteiger charge is 2.44. The summed E-state index contributed by atoms with van der Waals surface area (Å²) in [7, 11) is 0. The topological polar surface area (TPSA) is 152 Å². The lowest BCUT2D eigenvalue weighted by Crippen LogP contribution is -2.54. The molecule has 13 nitrogen and oxygen atoms in total. The number of aryl methyl sites for hydroxylation is 1. The SMILES string of the molecule is Cc1nn([C@H]2C[C@@H](CCCNc3ccc4c(c3)C(=O)N(C3CCC(=O)NC3=O)C4=O)C2)cc1-c1cnc2cc(N3CCOCC3)ccc2n1. The van der Waals surface area contributed by atoms with Crippen LogP contribution in [0.15, 0.2) is 48.8 Å². The third-order valence-corrected chi connectivity index (χ3v) is 10.2. The number of ether oxygens (including phenoxy) is 1. The molecule has 1 aliphatic carbocycles. The van der Waals surface area contributed by atoms with Crippen LogP contribution in [0.5, 0.6) is 0 Å². The molecule has 4 aliphatic rings. The van der Waals surface area contributed by atoms with E-state index >= 15 is 0 Å². The number of benzene rings is 2. The first-order chi connectivity index (χ1) is 23.8. The zero-order chi connectivity index (χ0) is 33.6. The lowest BCUT2D eigenvalue weighted by molar-refractivity contribution is -0.136. The summed E-state index contributed by atoms with van der Waals surface area (Å²) in [5.41, 5.74) is 7.00. The Morgan fingerprint density at radius 3 is 2.59 bits per heavy atom. The molecule has 4 aromatic rings. The Labute approximate surface area is 283 Å². The van der Waals surface area contributed by atoms with Crippen molar-refractivity contribution in [2.45, 2.75) is 57.5 Å². The van der Waals surface area contributed by atoms with Gasteiger partial charge in [-0.1, -0.05) is 0 Å². The summed E-state index contributed by atoms with van der Waals surface area (Å²) in [5, 5.41) is 10.5. The van der Waals surface area contributed by atoms with Crippen LogP contribution in [0.1, 0.15) is 71.0 Å². The van der Waals surface area contributed by atoms with Gasteiger partial charge in [0.25, 0.3) is 11.8 Å². The van der Waals surface area contributed by atoms with Crippen molar-refractivity contribution in [3.8, 4) is 11.3 Å². The highest BCUT2D eigenvalue weighted by Crippen LogP contribution is 2.41. The van der Waals surface area contributed by atoms with E-state index in [0.717, 1.165) is 103 Å². The highest BCUT2D eigenvalue weighted by molar-refractivity contribution is 6.23. The lowest BCUT2D eigenvalue weighted by atomic mass is 9.77. The molecule has 5 heterocycles. The molecular weight excluding hydrogens is 624 g/mol. The second-order valence-corrected chi connectivity index (χ2v) is 13.4. The largest absolute Gasteiger partial charge is 0.385 e. The van der Waals surface area contributed by atoms with Crippen LogP contribution < -0.4 is 15.5 Å². The van der Waals surface area contributed by atoms with Gasteiger partial charge in [0, 0.05) is 49.2 Å². The number of rotatable bonds is 9. The van der Waals surface area contributed by atoms with Crippen LogP contribution in [0.4, 0.5) is 11.4 Å². The van der Waals surface area contributed by atoms with Crippen LogP contribution in [0, 0.1) is 12.8 Å². The van der Waals surface area contributed by atoms with Gasteiger partial charge in [0.05, 0.1) is 59.0 Å². The molecule has 0 radical (unpaired) electrons. The molecular formula is C36H38N8O5. The van der Waals surface area contributed by atoms with Gasteiger partial charge in [0.15, 0.2) is 0 Å². The fraction of sp³-hybridized carbons (Fsp3) is 0.417. The summed E-state index contributed by atoms with van der Waals surface area (Å²) in [5.74, 6) is -1.38. The average Bonchev–Trinajstić information content (AvgIpc) is 3.59. The number of piperidine rings is 1. The number of carbonyl (C=O) groups is 4.